The Labute approximate surface area is 247 Å². The van der Waals surface area contributed by atoms with E-state index in [-0.39, 0.29) is 27.3 Å². The van der Waals surface area contributed by atoms with Gasteiger partial charge < -0.3 is 15.4 Å². The second-order valence-corrected chi connectivity index (χ2v) is 9.85. The number of fused-ring (bicyclic) bond motifs is 1. The van der Waals surface area contributed by atoms with Gasteiger partial charge in [-0.25, -0.2) is 14.6 Å². The Morgan fingerprint density at radius 1 is 1.00 bits per heavy atom. The number of aromatic nitrogens is 5. The second-order valence-electron chi connectivity index (χ2n) is 9.09. The molecule has 9 nitrogen and oxygen atoms in total. The third-order valence-electron chi connectivity index (χ3n) is 6.38. The molecule has 0 unspecified atom stereocenters. The van der Waals surface area contributed by atoms with Crippen LogP contribution in [0.1, 0.15) is 11.4 Å². The fourth-order valence-electron chi connectivity index (χ4n) is 4.37. The van der Waals surface area contributed by atoms with Crippen LogP contribution in [0, 0.1) is 0 Å². The molecule has 0 saturated heterocycles. The SMILES string of the molecule is CNCc1ncc(-c2cccc(-c3cccc(Nc4nc(C(F)(F)F)cc5cnn(C)c(=O)c45)c3Cl)c2Cl)nc1OC. The number of aryl methyl sites for hydroxylation is 1. The Morgan fingerprint density at radius 2 is 1.69 bits per heavy atom. The highest BCUT2D eigenvalue weighted by Crippen LogP contribution is 2.42. The van der Waals surface area contributed by atoms with Crippen LogP contribution in [0.15, 0.2) is 59.7 Å². The van der Waals surface area contributed by atoms with E-state index < -0.39 is 17.4 Å². The molecular formula is C28H22Cl2F3N7O2. The first-order chi connectivity index (χ1) is 20.0. The van der Waals surface area contributed by atoms with E-state index in [1.807, 2.05) is 0 Å². The molecule has 5 aromatic rings. The van der Waals surface area contributed by atoms with Gasteiger partial charge in [-0.3, -0.25) is 9.78 Å². The van der Waals surface area contributed by atoms with Gasteiger partial charge in [0.05, 0.1) is 46.3 Å². The molecule has 3 aromatic heterocycles. The van der Waals surface area contributed by atoms with E-state index in [4.69, 9.17) is 27.9 Å². The van der Waals surface area contributed by atoms with Crippen molar-refractivity contribution in [2.45, 2.75) is 12.7 Å². The number of pyridine rings is 1. The summed E-state index contributed by atoms with van der Waals surface area (Å²) in [6.45, 7) is 0.457. The van der Waals surface area contributed by atoms with Crippen LogP contribution in [0.4, 0.5) is 24.7 Å². The van der Waals surface area contributed by atoms with Crippen molar-refractivity contribution < 1.29 is 17.9 Å². The lowest BCUT2D eigenvalue weighted by molar-refractivity contribution is -0.140. The maximum Gasteiger partial charge on any atom is 0.433 e. The van der Waals surface area contributed by atoms with Crippen molar-refractivity contribution in [1.82, 2.24) is 30.0 Å². The summed E-state index contributed by atoms with van der Waals surface area (Å²) in [5, 5.41) is 10.0. The molecular weight excluding hydrogens is 594 g/mol. The second kappa shape index (κ2) is 11.6. The highest BCUT2D eigenvalue weighted by atomic mass is 35.5. The summed E-state index contributed by atoms with van der Waals surface area (Å²) in [6, 6.07) is 11.0. The van der Waals surface area contributed by atoms with Crippen molar-refractivity contribution in [2.75, 3.05) is 19.5 Å². The Hall–Kier alpha value is -4.26. The summed E-state index contributed by atoms with van der Waals surface area (Å²) in [4.78, 5) is 25.6. The topological polar surface area (TPSA) is 107 Å². The van der Waals surface area contributed by atoms with Gasteiger partial charge in [0.1, 0.15) is 17.2 Å². The van der Waals surface area contributed by atoms with Gasteiger partial charge >= 0.3 is 6.18 Å². The zero-order chi connectivity index (χ0) is 30.2. The Kier molecular flexibility index (Phi) is 8.04. The van der Waals surface area contributed by atoms with Crippen LogP contribution in [-0.4, -0.2) is 38.9 Å². The Morgan fingerprint density at radius 3 is 2.38 bits per heavy atom. The van der Waals surface area contributed by atoms with Crippen LogP contribution in [0.25, 0.3) is 33.2 Å². The van der Waals surface area contributed by atoms with Gasteiger partial charge in [0.15, 0.2) is 0 Å². The number of methoxy groups -OCH3 is 1. The van der Waals surface area contributed by atoms with Crippen molar-refractivity contribution in [3.05, 3.63) is 86.6 Å². The molecule has 42 heavy (non-hydrogen) atoms. The minimum Gasteiger partial charge on any atom is -0.480 e. The van der Waals surface area contributed by atoms with E-state index in [0.717, 1.165) is 10.7 Å². The quantitative estimate of drug-likeness (QED) is 0.221. The molecule has 2 N–H and O–H groups in total. The zero-order valence-corrected chi connectivity index (χ0v) is 23.9. The highest BCUT2D eigenvalue weighted by Gasteiger charge is 2.34. The standard InChI is InChI=1S/C28H22Cl2F3N7O2/c1-34-12-20-26(42-3)38-19(13-35-20)17-8-4-6-15(23(17)29)16-7-5-9-18(24(16)30)37-25-22-14(11-36-40(2)27(22)41)10-21(39-25)28(31,32)33/h4-11,13,34H,12H2,1-3H3,(H,37,39). The molecule has 14 heteroatoms. The molecule has 0 aliphatic heterocycles. The number of hydrogen-bond donors (Lipinski definition) is 2. The number of nitrogens with one attached hydrogen (secondary N) is 2. The van der Waals surface area contributed by atoms with Crippen LogP contribution >= 0.6 is 23.2 Å². The van der Waals surface area contributed by atoms with Crippen LogP contribution in [0.2, 0.25) is 10.0 Å². The third kappa shape index (κ3) is 5.48. The van der Waals surface area contributed by atoms with E-state index in [9.17, 15) is 18.0 Å². The number of hydrogen-bond acceptors (Lipinski definition) is 8. The maximum absolute atomic E-state index is 13.7. The number of benzene rings is 2. The van der Waals surface area contributed by atoms with Gasteiger partial charge in [0, 0.05) is 35.7 Å². The van der Waals surface area contributed by atoms with E-state index in [1.54, 1.807) is 49.6 Å². The first-order valence-corrected chi connectivity index (χ1v) is 13.1. The number of anilines is 2. The molecule has 5 rings (SSSR count). The number of nitrogens with zero attached hydrogens (tertiary/aromatic N) is 5. The molecule has 0 aliphatic carbocycles. The molecule has 3 heterocycles. The number of alkyl halides is 3. The van der Waals surface area contributed by atoms with E-state index >= 15 is 0 Å². The maximum atomic E-state index is 13.7. The van der Waals surface area contributed by atoms with Crippen LogP contribution < -0.4 is 20.9 Å². The monoisotopic (exact) mass is 615 g/mol. The fraction of sp³-hybridized carbons (Fsp3) is 0.179. The lowest BCUT2D eigenvalue weighted by Gasteiger charge is -2.16. The summed E-state index contributed by atoms with van der Waals surface area (Å²) >= 11 is 13.7. The molecule has 216 valence electrons. The average molecular weight is 616 g/mol. The predicted octanol–water partition coefficient (Wildman–Crippen LogP) is 6.25. The largest absolute Gasteiger partial charge is 0.480 e. The van der Waals surface area contributed by atoms with Crippen molar-refractivity contribution in [2.24, 2.45) is 7.05 Å². The van der Waals surface area contributed by atoms with E-state index in [1.165, 1.54) is 20.4 Å². The lowest BCUT2D eigenvalue weighted by atomic mass is 10.0. The number of rotatable bonds is 7. The minimum absolute atomic E-state index is 0.0248. The van der Waals surface area contributed by atoms with Crippen molar-refractivity contribution in [3.63, 3.8) is 0 Å². The molecule has 0 spiro atoms. The van der Waals surface area contributed by atoms with Gasteiger partial charge in [-0.15, -0.1) is 0 Å². The van der Waals surface area contributed by atoms with E-state index in [0.29, 0.717) is 45.5 Å². The smallest absolute Gasteiger partial charge is 0.433 e. The fourth-order valence-corrected chi connectivity index (χ4v) is 4.97. The van der Waals surface area contributed by atoms with Gasteiger partial charge in [-0.05, 0) is 19.2 Å². The molecule has 0 saturated carbocycles. The summed E-state index contributed by atoms with van der Waals surface area (Å²) in [5.41, 5.74) is 1.06. The molecule has 0 radical (unpaired) electrons. The zero-order valence-electron chi connectivity index (χ0n) is 22.3. The van der Waals surface area contributed by atoms with Gasteiger partial charge in [-0.1, -0.05) is 53.5 Å². The third-order valence-corrected chi connectivity index (χ3v) is 7.20. The number of ether oxygens (including phenoxy) is 1. The molecule has 0 aliphatic rings. The summed E-state index contributed by atoms with van der Waals surface area (Å²) in [5.74, 6) is 0.0282. The summed E-state index contributed by atoms with van der Waals surface area (Å²) in [7, 11) is 4.67. The highest BCUT2D eigenvalue weighted by molar-refractivity contribution is 6.39. The molecule has 0 fully saturated rings. The first-order valence-electron chi connectivity index (χ1n) is 12.4. The molecule has 0 atom stereocenters. The van der Waals surface area contributed by atoms with Gasteiger partial charge in [-0.2, -0.15) is 18.3 Å². The molecule has 0 bridgehead atoms. The van der Waals surface area contributed by atoms with Gasteiger partial charge in [0.2, 0.25) is 5.88 Å². The number of halogens is 5. The molecule has 2 aromatic carbocycles. The average Bonchev–Trinajstić information content (AvgIpc) is 2.96. The van der Waals surface area contributed by atoms with Crippen LogP contribution in [0.5, 0.6) is 5.88 Å². The normalized spacial score (nSPS) is 11.6. The van der Waals surface area contributed by atoms with Crippen molar-refractivity contribution in [3.8, 4) is 28.3 Å². The van der Waals surface area contributed by atoms with Crippen molar-refractivity contribution >= 4 is 45.5 Å². The minimum atomic E-state index is -4.76. The first kappa shape index (κ1) is 29.2. The summed E-state index contributed by atoms with van der Waals surface area (Å²) in [6.07, 6.45) is -2.01. The van der Waals surface area contributed by atoms with Crippen molar-refractivity contribution in [1.29, 1.82) is 0 Å². The van der Waals surface area contributed by atoms with E-state index in [2.05, 4.69) is 30.7 Å². The Balaban J connectivity index is 1.61. The predicted molar refractivity (Wildman–Crippen MR) is 155 cm³/mol. The molecule has 0 amide bonds. The van der Waals surface area contributed by atoms with Crippen LogP contribution in [0.3, 0.4) is 0 Å². The summed E-state index contributed by atoms with van der Waals surface area (Å²) < 4.78 is 47.4. The van der Waals surface area contributed by atoms with Gasteiger partial charge in [0.25, 0.3) is 5.56 Å². The van der Waals surface area contributed by atoms with Crippen LogP contribution in [-0.2, 0) is 19.8 Å². The lowest BCUT2D eigenvalue weighted by Crippen LogP contribution is -2.21. The Bertz CT molecular complexity index is 1880.